The van der Waals surface area contributed by atoms with Gasteiger partial charge in [-0.1, -0.05) is 0 Å². The largest absolute Gasteiger partial charge is 0.489 e. The minimum atomic E-state index is -1.40. The molecule has 0 aliphatic heterocycles. The molecule has 1 N–H and O–H groups in total. The molecule has 2 aromatic heterocycles. The first-order valence-corrected chi connectivity index (χ1v) is 9.25. The molecule has 0 bridgehead atoms. The van der Waals surface area contributed by atoms with Crippen molar-refractivity contribution >= 4 is 27.6 Å². The van der Waals surface area contributed by atoms with Gasteiger partial charge in [0, 0.05) is 11.8 Å². The molecular weight excluding hydrogens is 338 g/mol. The highest BCUT2D eigenvalue weighted by Crippen LogP contribution is 2.22. The zero-order chi connectivity index (χ0) is 18.0. The van der Waals surface area contributed by atoms with Gasteiger partial charge < -0.3 is 9.72 Å². The van der Waals surface area contributed by atoms with Gasteiger partial charge in [0.05, 0.1) is 39.4 Å². The number of aromatic amines is 1. The average Bonchev–Trinajstić information content (AvgIpc) is 2.99. The molecule has 3 aromatic rings. The van der Waals surface area contributed by atoms with Gasteiger partial charge in [-0.25, -0.2) is 4.98 Å². The van der Waals surface area contributed by atoms with E-state index in [1.807, 2.05) is 19.9 Å². The van der Waals surface area contributed by atoms with Crippen LogP contribution in [0.25, 0.3) is 11.0 Å². The summed E-state index contributed by atoms with van der Waals surface area (Å²) in [4.78, 5) is 23.2. The number of fused-ring (bicyclic) bond motifs is 1. The molecule has 130 valence electrons. The Morgan fingerprint density at radius 3 is 2.84 bits per heavy atom. The molecule has 0 radical (unpaired) electrons. The Bertz CT molecular complexity index is 950. The summed E-state index contributed by atoms with van der Waals surface area (Å²) in [6, 6.07) is 8.79. The highest BCUT2D eigenvalue weighted by Gasteiger charge is 2.15. The number of carbonyl (C=O) groups excluding carboxylic acids is 1. The molecule has 1 unspecified atom stereocenters. The van der Waals surface area contributed by atoms with Crippen LogP contribution in [-0.4, -0.2) is 31.0 Å². The van der Waals surface area contributed by atoms with Crippen LogP contribution in [0.5, 0.6) is 5.75 Å². The minimum Gasteiger partial charge on any atom is -0.489 e. The van der Waals surface area contributed by atoms with Gasteiger partial charge in [0.2, 0.25) is 0 Å². The van der Waals surface area contributed by atoms with E-state index in [1.54, 1.807) is 30.5 Å². The van der Waals surface area contributed by atoms with Crippen molar-refractivity contribution in [3.05, 3.63) is 47.8 Å². The number of benzene rings is 1. The maximum absolute atomic E-state index is 12.7. The van der Waals surface area contributed by atoms with Crippen LogP contribution in [0.15, 0.2) is 41.7 Å². The van der Waals surface area contributed by atoms with Gasteiger partial charge in [0.15, 0.2) is 10.9 Å². The van der Waals surface area contributed by atoms with E-state index in [0.717, 1.165) is 0 Å². The van der Waals surface area contributed by atoms with Crippen LogP contribution in [0.1, 0.15) is 36.8 Å². The van der Waals surface area contributed by atoms with Gasteiger partial charge in [-0.15, -0.1) is 0 Å². The fraction of sp³-hybridized carbons (Fsp3) is 0.278. The van der Waals surface area contributed by atoms with Gasteiger partial charge in [-0.05, 0) is 51.1 Å². The molecule has 6 nitrogen and oxygen atoms in total. The lowest BCUT2D eigenvalue weighted by Gasteiger charge is -2.12. The minimum absolute atomic E-state index is 0.00703. The first kappa shape index (κ1) is 17.3. The summed E-state index contributed by atoms with van der Waals surface area (Å²) in [7, 11) is -1.40. The SMILES string of the molecule is CC(=O)c1ccc2nc(S(=O)Cc3ncccc3OC(C)C)[nH]c2c1. The second-order valence-electron chi connectivity index (χ2n) is 5.93. The molecule has 0 saturated carbocycles. The van der Waals surface area contributed by atoms with Crippen LogP contribution in [-0.2, 0) is 16.6 Å². The third kappa shape index (κ3) is 3.93. The number of Topliss-reactive ketones (excluding diaryl/α,β-unsaturated/α-hetero) is 1. The third-order valence-electron chi connectivity index (χ3n) is 3.56. The summed E-state index contributed by atoms with van der Waals surface area (Å²) in [6.45, 7) is 5.37. The van der Waals surface area contributed by atoms with Crippen LogP contribution in [0.3, 0.4) is 0 Å². The average molecular weight is 357 g/mol. The monoisotopic (exact) mass is 357 g/mol. The van der Waals surface area contributed by atoms with E-state index in [0.29, 0.717) is 33.2 Å². The van der Waals surface area contributed by atoms with Crippen LogP contribution in [0.2, 0.25) is 0 Å². The van der Waals surface area contributed by atoms with E-state index in [1.165, 1.54) is 6.92 Å². The molecule has 2 heterocycles. The van der Waals surface area contributed by atoms with Crippen molar-refractivity contribution in [1.29, 1.82) is 0 Å². The number of nitrogens with zero attached hydrogens (tertiary/aromatic N) is 2. The van der Waals surface area contributed by atoms with E-state index in [4.69, 9.17) is 4.74 Å². The molecule has 7 heteroatoms. The highest BCUT2D eigenvalue weighted by atomic mass is 32.2. The van der Waals surface area contributed by atoms with Crippen molar-refractivity contribution in [3.8, 4) is 5.75 Å². The lowest BCUT2D eigenvalue weighted by molar-refractivity contribution is 0.101. The molecule has 1 aromatic carbocycles. The van der Waals surface area contributed by atoms with E-state index in [2.05, 4.69) is 15.0 Å². The predicted molar refractivity (Wildman–Crippen MR) is 96.2 cm³/mol. The van der Waals surface area contributed by atoms with Gasteiger partial charge in [0.25, 0.3) is 0 Å². The molecule has 0 fully saturated rings. The van der Waals surface area contributed by atoms with Crippen LogP contribution in [0.4, 0.5) is 0 Å². The molecule has 0 aliphatic rings. The Labute approximate surface area is 148 Å². The molecule has 0 spiro atoms. The first-order chi connectivity index (χ1) is 11.9. The quantitative estimate of drug-likeness (QED) is 0.685. The Kier molecular flexibility index (Phi) is 4.94. The fourth-order valence-corrected chi connectivity index (χ4v) is 3.42. The summed E-state index contributed by atoms with van der Waals surface area (Å²) in [5.74, 6) is 0.798. The van der Waals surface area contributed by atoms with E-state index in [-0.39, 0.29) is 17.6 Å². The second kappa shape index (κ2) is 7.14. The van der Waals surface area contributed by atoms with Crippen molar-refractivity contribution in [2.75, 3.05) is 0 Å². The first-order valence-electron chi connectivity index (χ1n) is 7.93. The molecule has 0 aliphatic carbocycles. The van der Waals surface area contributed by atoms with Crippen LogP contribution >= 0.6 is 0 Å². The number of ketones is 1. The topological polar surface area (TPSA) is 84.9 Å². The van der Waals surface area contributed by atoms with Gasteiger partial charge in [0.1, 0.15) is 5.75 Å². The molecular formula is C18H19N3O3S. The Balaban J connectivity index is 1.87. The number of hydrogen-bond donors (Lipinski definition) is 1. The number of imidazole rings is 1. The number of rotatable bonds is 6. The van der Waals surface area contributed by atoms with Crippen molar-refractivity contribution < 1.29 is 13.7 Å². The summed E-state index contributed by atoms with van der Waals surface area (Å²) in [5.41, 5.74) is 2.58. The number of H-pyrrole nitrogens is 1. The summed E-state index contributed by atoms with van der Waals surface area (Å²) >= 11 is 0. The van der Waals surface area contributed by atoms with Gasteiger partial charge in [-0.3, -0.25) is 14.0 Å². The second-order valence-corrected chi connectivity index (χ2v) is 7.30. The van der Waals surface area contributed by atoms with Gasteiger partial charge >= 0.3 is 0 Å². The number of nitrogens with one attached hydrogen (secondary N) is 1. The van der Waals surface area contributed by atoms with Crippen molar-refractivity contribution in [2.45, 2.75) is 37.8 Å². The van der Waals surface area contributed by atoms with E-state index < -0.39 is 10.8 Å². The molecule has 0 amide bonds. The zero-order valence-electron chi connectivity index (χ0n) is 14.3. The lowest BCUT2D eigenvalue weighted by Crippen LogP contribution is -2.09. The van der Waals surface area contributed by atoms with E-state index in [9.17, 15) is 9.00 Å². The number of pyridine rings is 1. The maximum Gasteiger partial charge on any atom is 0.197 e. The van der Waals surface area contributed by atoms with Crippen molar-refractivity contribution in [1.82, 2.24) is 15.0 Å². The Morgan fingerprint density at radius 1 is 1.32 bits per heavy atom. The predicted octanol–water partition coefficient (Wildman–Crippen LogP) is 3.26. The normalized spacial score (nSPS) is 12.5. The molecule has 25 heavy (non-hydrogen) atoms. The lowest BCUT2D eigenvalue weighted by atomic mass is 10.1. The molecule has 3 rings (SSSR count). The number of aromatic nitrogens is 3. The fourth-order valence-electron chi connectivity index (χ4n) is 2.40. The number of ether oxygens (including phenoxy) is 1. The highest BCUT2D eigenvalue weighted by molar-refractivity contribution is 7.84. The molecule has 1 atom stereocenters. The Morgan fingerprint density at radius 2 is 2.12 bits per heavy atom. The summed E-state index contributed by atoms with van der Waals surface area (Å²) < 4.78 is 18.4. The van der Waals surface area contributed by atoms with Crippen LogP contribution in [0, 0.1) is 0 Å². The third-order valence-corrected chi connectivity index (χ3v) is 4.72. The van der Waals surface area contributed by atoms with Crippen molar-refractivity contribution in [3.63, 3.8) is 0 Å². The standard InChI is InChI=1S/C18H19N3O3S/c1-11(2)24-17-5-4-8-19-16(17)10-25(23)18-20-14-7-6-13(12(3)22)9-15(14)21-18/h4-9,11H,10H2,1-3H3,(H,20,21). The maximum atomic E-state index is 12.7. The van der Waals surface area contributed by atoms with E-state index >= 15 is 0 Å². The molecule has 0 saturated heterocycles. The smallest absolute Gasteiger partial charge is 0.197 e. The Hall–Kier alpha value is -2.54. The van der Waals surface area contributed by atoms with Gasteiger partial charge in [-0.2, -0.15) is 0 Å². The summed E-state index contributed by atoms with van der Waals surface area (Å²) in [6.07, 6.45) is 1.66. The zero-order valence-corrected chi connectivity index (χ0v) is 15.1. The van der Waals surface area contributed by atoms with Crippen LogP contribution < -0.4 is 4.74 Å². The number of hydrogen-bond acceptors (Lipinski definition) is 5. The number of carbonyl (C=O) groups is 1. The van der Waals surface area contributed by atoms with Crippen molar-refractivity contribution in [2.24, 2.45) is 0 Å². The summed E-state index contributed by atoms with van der Waals surface area (Å²) in [5, 5.41) is 0.358.